The van der Waals surface area contributed by atoms with Crippen molar-refractivity contribution in [2.75, 3.05) is 32.1 Å². The first kappa shape index (κ1) is 25.7. The van der Waals surface area contributed by atoms with Gasteiger partial charge in [0.05, 0.1) is 25.0 Å². The maximum atomic E-state index is 12.2. The Morgan fingerprint density at radius 1 is 1.14 bits per heavy atom. The Morgan fingerprint density at radius 2 is 1.91 bits per heavy atom. The van der Waals surface area contributed by atoms with Gasteiger partial charge in [-0.25, -0.2) is 4.98 Å². The van der Waals surface area contributed by atoms with Gasteiger partial charge in [0.15, 0.2) is 0 Å². The van der Waals surface area contributed by atoms with Crippen LogP contribution >= 0.6 is 0 Å². The van der Waals surface area contributed by atoms with Gasteiger partial charge in [0, 0.05) is 48.2 Å². The predicted octanol–water partition coefficient (Wildman–Crippen LogP) is 3.06. The second kappa shape index (κ2) is 11.5. The number of carbonyl (C=O) groups excluding carboxylic acids is 1. The molecule has 9 heteroatoms. The zero-order chi connectivity index (χ0) is 25.4. The Bertz CT molecular complexity index is 1230. The summed E-state index contributed by atoms with van der Waals surface area (Å²) in [7, 11) is 1.52. The van der Waals surface area contributed by atoms with Gasteiger partial charge in [-0.1, -0.05) is 12.1 Å². The van der Waals surface area contributed by atoms with Crippen LogP contribution in [0.15, 0.2) is 54.9 Å². The highest BCUT2D eigenvalue weighted by atomic mass is 16.5. The molecule has 1 amide bonds. The summed E-state index contributed by atoms with van der Waals surface area (Å²) in [6.07, 6.45) is 4.74. The molecule has 0 bridgehead atoms. The summed E-state index contributed by atoms with van der Waals surface area (Å²) in [6.45, 7) is 3.83. The fourth-order valence-corrected chi connectivity index (χ4v) is 3.35. The number of aliphatic hydroxyl groups is 2. The summed E-state index contributed by atoms with van der Waals surface area (Å²) < 4.78 is 5.45. The number of fused-ring (bicyclic) bond motifs is 1. The fraction of sp³-hybridized carbons (Fsp3) is 0.269. The van der Waals surface area contributed by atoms with Crippen LogP contribution in [-0.2, 0) is 0 Å². The van der Waals surface area contributed by atoms with Crippen LogP contribution in [0.3, 0.4) is 0 Å². The van der Waals surface area contributed by atoms with E-state index in [-0.39, 0.29) is 19.1 Å². The largest absolute Gasteiger partial charge is 0.495 e. The second-order valence-electron chi connectivity index (χ2n) is 8.59. The van der Waals surface area contributed by atoms with Crippen molar-refractivity contribution in [3.05, 3.63) is 66.0 Å². The van der Waals surface area contributed by atoms with E-state index in [2.05, 4.69) is 20.9 Å². The Hall–Kier alpha value is -3.95. The third-order valence-corrected chi connectivity index (χ3v) is 5.13. The van der Waals surface area contributed by atoms with Crippen LogP contribution in [0.4, 0.5) is 11.5 Å². The molecule has 0 unspecified atom stereocenters. The lowest BCUT2D eigenvalue weighted by molar-refractivity contribution is 0.0835. The van der Waals surface area contributed by atoms with Crippen molar-refractivity contribution < 1.29 is 19.7 Å². The summed E-state index contributed by atoms with van der Waals surface area (Å²) >= 11 is 0. The molecule has 1 aromatic heterocycles. The minimum Gasteiger partial charge on any atom is -0.495 e. The van der Waals surface area contributed by atoms with Gasteiger partial charge in [0.2, 0.25) is 0 Å². The first-order valence-electron chi connectivity index (χ1n) is 11.1. The molecule has 0 radical (unpaired) electrons. The summed E-state index contributed by atoms with van der Waals surface area (Å²) in [5, 5.41) is 37.3. The van der Waals surface area contributed by atoms with Gasteiger partial charge in [0.25, 0.3) is 5.91 Å². The number of hydrogen-bond donors (Lipinski definition) is 6. The number of pyridine rings is 1. The van der Waals surface area contributed by atoms with Crippen molar-refractivity contribution in [3.8, 4) is 5.75 Å². The molecule has 0 aliphatic rings. The molecule has 0 saturated heterocycles. The summed E-state index contributed by atoms with van der Waals surface area (Å²) in [4.78, 5) is 16.6. The molecule has 1 heterocycles. The van der Waals surface area contributed by atoms with Crippen LogP contribution in [0.2, 0.25) is 0 Å². The molecule has 3 rings (SSSR count). The highest BCUT2D eigenvalue weighted by Gasteiger charge is 2.12. The number of aromatic nitrogens is 1. The number of nitrogens with zero attached hydrogens (tertiary/aromatic N) is 1. The van der Waals surface area contributed by atoms with Crippen LogP contribution < -0.4 is 20.7 Å². The van der Waals surface area contributed by atoms with E-state index in [0.29, 0.717) is 34.9 Å². The Balaban J connectivity index is 1.84. The van der Waals surface area contributed by atoms with Crippen molar-refractivity contribution >= 4 is 40.0 Å². The molecule has 9 nitrogen and oxygen atoms in total. The monoisotopic (exact) mass is 477 g/mol. The Labute approximate surface area is 204 Å². The zero-order valence-corrected chi connectivity index (χ0v) is 20.1. The number of aliphatic hydroxyl groups excluding tert-OH is 1. The van der Waals surface area contributed by atoms with Gasteiger partial charge in [-0.15, -0.1) is 0 Å². The molecule has 0 aliphatic carbocycles. The topological polar surface area (TPSA) is 140 Å². The minimum absolute atomic E-state index is 0.133. The number of methoxy groups -OCH3 is 1. The predicted molar refractivity (Wildman–Crippen MR) is 138 cm³/mol. The van der Waals surface area contributed by atoms with Crippen molar-refractivity contribution in [1.29, 1.82) is 5.41 Å². The van der Waals surface area contributed by atoms with E-state index < -0.39 is 5.60 Å². The third-order valence-electron chi connectivity index (χ3n) is 5.13. The van der Waals surface area contributed by atoms with Gasteiger partial charge in [-0.3, -0.25) is 4.79 Å². The molecule has 0 aliphatic heterocycles. The van der Waals surface area contributed by atoms with Crippen molar-refractivity contribution in [3.63, 3.8) is 0 Å². The normalized spacial score (nSPS) is 11.7. The standard InChI is InChI=1S/C26H31N5O4/c1-26(2,34)16-28-14-21(13-27)17-4-5-19-15-30-24(12-20(19)10-17)31-22-7-6-18(11-23(22)35-3)25(33)29-8-9-32/h4-7,10-15,27-28,32,34H,8-9,16H2,1-3H3,(H,29,33)(H,30,31)/b21-14+,27-13?. The van der Waals surface area contributed by atoms with Crippen molar-refractivity contribution in [1.82, 2.24) is 15.6 Å². The van der Waals surface area contributed by atoms with E-state index in [4.69, 9.17) is 15.3 Å². The molecule has 3 aromatic rings. The van der Waals surface area contributed by atoms with Gasteiger partial charge in [-0.2, -0.15) is 0 Å². The number of ether oxygens (including phenoxy) is 1. The number of hydrogen-bond acceptors (Lipinski definition) is 8. The summed E-state index contributed by atoms with van der Waals surface area (Å²) in [5.41, 5.74) is 1.73. The molecule has 0 fully saturated rings. The Morgan fingerprint density at radius 3 is 2.60 bits per heavy atom. The maximum Gasteiger partial charge on any atom is 0.251 e. The second-order valence-corrected chi connectivity index (χ2v) is 8.59. The molecule has 35 heavy (non-hydrogen) atoms. The number of benzene rings is 2. The lowest BCUT2D eigenvalue weighted by Crippen LogP contribution is -2.32. The fourth-order valence-electron chi connectivity index (χ4n) is 3.35. The molecular formula is C26H31N5O4. The number of nitrogens with one attached hydrogen (secondary N) is 4. The van der Waals surface area contributed by atoms with Crippen LogP contribution in [0.25, 0.3) is 16.3 Å². The van der Waals surface area contributed by atoms with E-state index in [9.17, 15) is 9.90 Å². The van der Waals surface area contributed by atoms with Crippen LogP contribution in [0.5, 0.6) is 5.75 Å². The van der Waals surface area contributed by atoms with Gasteiger partial charge < -0.3 is 36.3 Å². The number of carbonyl (C=O) groups is 1. The van der Waals surface area contributed by atoms with E-state index in [0.717, 1.165) is 16.3 Å². The lowest BCUT2D eigenvalue weighted by Gasteiger charge is -2.17. The molecule has 6 N–H and O–H groups in total. The quantitative estimate of drug-likeness (QED) is 0.233. The summed E-state index contributed by atoms with van der Waals surface area (Å²) in [5.74, 6) is 0.766. The van der Waals surface area contributed by atoms with Crippen LogP contribution in [-0.4, -0.2) is 59.7 Å². The number of rotatable bonds is 11. The van der Waals surface area contributed by atoms with Crippen molar-refractivity contribution in [2.24, 2.45) is 0 Å². The number of allylic oxidation sites excluding steroid dienone is 1. The van der Waals surface area contributed by atoms with E-state index in [1.165, 1.54) is 13.3 Å². The van der Waals surface area contributed by atoms with Gasteiger partial charge in [0.1, 0.15) is 11.6 Å². The zero-order valence-electron chi connectivity index (χ0n) is 20.1. The Kier molecular flexibility index (Phi) is 8.40. The summed E-state index contributed by atoms with van der Waals surface area (Å²) in [6, 6.07) is 12.7. The molecule has 0 atom stereocenters. The molecule has 0 saturated carbocycles. The lowest BCUT2D eigenvalue weighted by atomic mass is 10.0. The van der Waals surface area contributed by atoms with E-state index in [1.807, 2.05) is 24.3 Å². The SMILES string of the molecule is COc1cc(C(=O)NCCO)ccc1Nc1cc2cc(/C(C=N)=C/NCC(C)(C)O)ccc2cn1. The molecular weight excluding hydrogens is 446 g/mol. The number of anilines is 2. The highest BCUT2D eigenvalue weighted by Crippen LogP contribution is 2.30. The van der Waals surface area contributed by atoms with Gasteiger partial charge >= 0.3 is 0 Å². The number of amides is 1. The molecule has 0 spiro atoms. The smallest absolute Gasteiger partial charge is 0.251 e. The maximum absolute atomic E-state index is 12.2. The third kappa shape index (κ3) is 7.02. The minimum atomic E-state index is -0.859. The average Bonchev–Trinajstić information content (AvgIpc) is 2.84. The first-order chi connectivity index (χ1) is 16.7. The van der Waals surface area contributed by atoms with Crippen molar-refractivity contribution in [2.45, 2.75) is 19.4 Å². The highest BCUT2D eigenvalue weighted by molar-refractivity contribution is 6.09. The van der Waals surface area contributed by atoms with Crippen LogP contribution in [0.1, 0.15) is 29.8 Å². The van der Waals surface area contributed by atoms with E-state index in [1.54, 1.807) is 44.4 Å². The van der Waals surface area contributed by atoms with E-state index >= 15 is 0 Å². The van der Waals surface area contributed by atoms with Crippen LogP contribution in [0, 0.1) is 5.41 Å². The average molecular weight is 478 g/mol. The van der Waals surface area contributed by atoms with Gasteiger partial charge in [-0.05, 0) is 55.1 Å². The first-order valence-corrected chi connectivity index (χ1v) is 11.1. The molecule has 184 valence electrons. The molecule has 2 aromatic carbocycles.